The molecule has 1 aliphatic rings. The van der Waals surface area contributed by atoms with Crippen LogP contribution in [0.3, 0.4) is 0 Å². The number of aromatic nitrogens is 1. The summed E-state index contributed by atoms with van der Waals surface area (Å²) in [6.07, 6.45) is 6.72. The molecule has 1 aliphatic carbocycles. The van der Waals surface area contributed by atoms with Crippen molar-refractivity contribution >= 4 is 56.0 Å². The summed E-state index contributed by atoms with van der Waals surface area (Å²) < 4.78 is 8.62. The fraction of sp³-hybridized carbons (Fsp3) is 0.0417. The van der Waals surface area contributed by atoms with Crippen molar-refractivity contribution in [3.05, 3.63) is 187 Å². The molecule has 0 spiro atoms. The second kappa shape index (κ2) is 12.1. The Bertz CT molecular complexity index is 2720. The fourth-order valence-corrected chi connectivity index (χ4v) is 7.81. The topological polar surface area (TPSA) is 21.3 Å². The van der Waals surface area contributed by atoms with E-state index in [2.05, 4.69) is 179 Å². The molecule has 0 N–H and O–H groups in total. The highest BCUT2D eigenvalue weighted by molar-refractivity contribution is 6.06. The molecule has 0 bridgehead atoms. The van der Waals surface area contributed by atoms with Crippen LogP contribution in [0.25, 0.3) is 66.9 Å². The molecule has 2 aromatic heterocycles. The third kappa shape index (κ3) is 5.05. The highest BCUT2D eigenvalue weighted by Crippen LogP contribution is 2.40. The largest absolute Gasteiger partial charge is 0.456 e. The van der Waals surface area contributed by atoms with E-state index in [0.29, 0.717) is 0 Å². The van der Waals surface area contributed by atoms with E-state index in [4.69, 9.17) is 4.42 Å². The molecular formula is C48H34N2O. The molecule has 2 heterocycles. The number of fused-ring (bicyclic) bond motifs is 6. The molecule has 0 saturated heterocycles. The van der Waals surface area contributed by atoms with Gasteiger partial charge >= 0.3 is 0 Å². The molecule has 9 aromatic rings. The number of furan rings is 1. The smallest absolute Gasteiger partial charge is 0.135 e. The summed E-state index contributed by atoms with van der Waals surface area (Å²) in [5.41, 5.74) is 15.1. The summed E-state index contributed by atoms with van der Waals surface area (Å²) in [7, 11) is 0. The van der Waals surface area contributed by atoms with Crippen LogP contribution < -0.4 is 4.90 Å². The lowest BCUT2D eigenvalue weighted by molar-refractivity contribution is 0.669. The Morgan fingerprint density at radius 1 is 0.471 bits per heavy atom. The molecule has 0 atom stereocenters. The Morgan fingerprint density at radius 3 is 1.92 bits per heavy atom. The average Bonchev–Trinajstić information content (AvgIpc) is 3.74. The van der Waals surface area contributed by atoms with Gasteiger partial charge in [0.05, 0.1) is 5.52 Å². The van der Waals surface area contributed by atoms with Gasteiger partial charge in [-0.05, 0) is 108 Å². The van der Waals surface area contributed by atoms with Gasteiger partial charge in [-0.15, -0.1) is 0 Å². The van der Waals surface area contributed by atoms with Crippen molar-refractivity contribution < 1.29 is 4.42 Å². The monoisotopic (exact) mass is 654 g/mol. The van der Waals surface area contributed by atoms with Crippen LogP contribution in [-0.4, -0.2) is 4.57 Å². The minimum atomic E-state index is 0.897. The molecule has 0 unspecified atom stereocenters. The summed E-state index contributed by atoms with van der Waals surface area (Å²) >= 11 is 0. The maximum absolute atomic E-state index is 6.15. The van der Waals surface area contributed by atoms with Gasteiger partial charge in [0, 0.05) is 50.2 Å². The summed E-state index contributed by atoms with van der Waals surface area (Å²) in [6.45, 7) is 0. The number of nitrogens with zero attached hydrogens (tertiary/aromatic N) is 2. The Hall–Kier alpha value is -6.58. The van der Waals surface area contributed by atoms with E-state index in [-0.39, 0.29) is 0 Å². The van der Waals surface area contributed by atoms with Crippen LogP contribution in [0.4, 0.5) is 17.1 Å². The minimum Gasteiger partial charge on any atom is -0.456 e. The summed E-state index contributed by atoms with van der Waals surface area (Å²) in [4.78, 5) is 2.32. The number of hydrogen-bond acceptors (Lipinski definition) is 2. The van der Waals surface area contributed by atoms with Gasteiger partial charge in [0.1, 0.15) is 11.2 Å². The van der Waals surface area contributed by atoms with E-state index in [1.807, 2.05) is 12.1 Å². The van der Waals surface area contributed by atoms with Crippen molar-refractivity contribution in [3.63, 3.8) is 0 Å². The maximum Gasteiger partial charge on any atom is 0.135 e. The van der Waals surface area contributed by atoms with Gasteiger partial charge in [-0.25, -0.2) is 0 Å². The maximum atomic E-state index is 6.15. The fourth-order valence-electron chi connectivity index (χ4n) is 7.81. The lowest BCUT2D eigenvalue weighted by Crippen LogP contribution is -2.09. The van der Waals surface area contributed by atoms with Crippen LogP contribution >= 0.6 is 0 Å². The Morgan fingerprint density at radius 2 is 1.10 bits per heavy atom. The van der Waals surface area contributed by atoms with Gasteiger partial charge in [-0.2, -0.15) is 0 Å². The van der Waals surface area contributed by atoms with E-state index >= 15 is 0 Å². The molecule has 10 rings (SSSR count). The minimum absolute atomic E-state index is 0.897. The van der Waals surface area contributed by atoms with E-state index in [9.17, 15) is 0 Å². The molecule has 3 heteroatoms. The number of hydrogen-bond donors (Lipinski definition) is 0. The van der Waals surface area contributed by atoms with E-state index in [1.165, 1.54) is 50.1 Å². The van der Waals surface area contributed by atoms with Crippen LogP contribution in [-0.2, 0) is 6.42 Å². The SMILES string of the molecule is C1=Cc2c(n(-c3ccc(-c4ccccc4)cc3)c3ccc(-c4ccc(N(c5ccccc5)c5ccc6oc7ccccc7c6c5)cc4)cc23)CC1. The molecule has 242 valence electrons. The zero-order chi connectivity index (χ0) is 33.7. The summed E-state index contributed by atoms with van der Waals surface area (Å²) in [5.74, 6) is 0. The molecule has 51 heavy (non-hydrogen) atoms. The third-order valence-corrected chi connectivity index (χ3v) is 10.3. The standard InChI is InChI=1S/C48H34N2O/c1-3-11-33(12-4-1)34-19-26-39(27-20-34)50-45-17-9-7-15-41(45)43-31-36(23-29-46(43)50)35-21-24-38(25-22-35)49(37-13-5-2-6-14-37)40-28-30-48-44(32-40)42-16-8-10-18-47(42)51-48/h1-8,10-16,18-32H,9,17H2. The van der Waals surface area contributed by atoms with E-state index in [0.717, 1.165) is 51.8 Å². The van der Waals surface area contributed by atoms with Gasteiger partial charge < -0.3 is 13.9 Å². The van der Waals surface area contributed by atoms with Crippen molar-refractivity contribution in [1.29, 1.82) is 0 Å². The van der Waals surface area contributed by atoms with Gasteiger partial charge in [0.25, 0.3) is 0 Å². The lowest BCUT2D eigenvalue weighted by Gasteiger charge is -2.25. The summed E-state index contributed by atoms with van der Waals surface area (Å²) in [5, 5.41) is 3.54. The quantitative estimate of drug-likeness (QED) is 0.178. The molecular weight excluding hydrogens is 621 g/mol. The van der Waals surface area contributed by atoms with Crippen LogP contribution in [0.5, 0.6) is 0 Å². The normalized spacial score (nSPS) is 12.5. The number of anilines is 3. The molecule has 0 radical (unpaired) electrons. The predicted molar refractivity (Wildman–Crippen MR) is 213 cm³/mol. The second-order valence-electron chi connectivity index (χ2n) is 13.3. The highest BCUT2D eigenvalue weighted by Gasteiger charge is 2.20. The Balaban J connectivity index is 1.03. The van der Waals surface area contributed by atoms with Crippen LogP contribution in [0.15, 0.2) is 180 Å². The van der Waals surface area contributed by atoms with Gasteiger partial charge in [0.2, 0.25) is 0 Å². The first kappa shape index (κ1) is 29.3. The van der Waals surface area contributed by atoms with E-state index < -0.39 is 0 Å². The van der Waals surface area contributed by atoms with E-state index in [1.54, 1.807) is 0 Å². The lowest BCUT2D eigenvalue weighted by atomic mass is 9.98. The molecule has 0 amide bonds. The zero-order valence-corrected chi connectivity index (χ0v) is 28.0. The second-order valence-corrected chi connectivity index (χ2v) is 13.3. The molecule has 3 nitrogen and oxygen atoms in total. The average molecular weight is 655 g/mol. The molecule has 0 fully saturated rings. The Kier molecular flexibility index (Phi) is 6.95. The first-order valence-corrected chi connectivity index (χ1v) is 17.7. The zero-order valence-electron chi connectivity index (χ0n) is 28.0. The number of rotatable bonds is 6. The first-order chi connectivity index (χ1) is 25.3. The van der Waals surface area contributed by atoms with Crippen molar-refractivity contribution in [2.75, 3.05) is 4.90 Å². The number of benzene rings is 7. The molecule has 7 aromatic carbocycles. The highest BCUT2D eigenvalue weighted by atomic mass is 16.3. The van der Waals surface area contributed by atoms with Crippen LogP contribution in [0, 0.1) is 0 Å². The third-order valence-electron chi connectivity index (χ3n) is 10.3. The van der Waals surface area contributed by atoms with Gasteiger partial charge in [-0.3, -0.25) is 0 Å². The van der Waals surface area contributed by atoms with Crippen molar-refractivity contribution in [1.82, 2.24) is 4.57 Å². The van der Waals surface area contributed by atoms with Crippen molar-refractivity contribution in [2.24, 2.45) is 0 Å². The van der Waals surface area contributed by atoms with Crippen molar-refractivity contribution in [3.8, 4) is 27.9 Å². The molecule has 0 aliphatic heterocycles. The van der Waals surface area contributed by atoms with Crippen LogP contribution in [0.1, 0.15) is 17.7 Å². The van der Waals surface area contributed by atoms with Crippen LogP contribution in [0.2, 0.25) is 0 Å². The Labute approximate surface area is 296 Å². The predicted octanol–water partition coefficient (Wildman–Crippen LogP) is 13.3. The summed E-state index contributed by atoms with van der Waals surface area (Å²) in [6, 6.07) is 60.8. The molecule has 0 saturated carbocycles. The van der Waals surface area contributed by atoms with Gasteiger partial charge in [-0.1, -0.05) is 109 Å². The number of para-hydroxylation sites is 2. The van der Waals surface area contributed by atoms with Gasteiger partial charge in [0.15, 0.2) is 0 Å². The first-order valence-electron chi connectivity index (χ1n) is 17.7. The number of allylic oxidation sites excluding steroid dienone is 1. The van der Waals surface area contributed by atoms with Crippen molar-refractivity contribution in [2.45, 2.75) is 12.8 Å².